The first kappa shape index (κ1) is 18.2. The highest BCUT2D eigenvalue weighted by atomic mass is 19.4. The highest BCUT2D eigenvalue weighted by molar-refractivity contribution is 5.87. The van der Waals surface area contributed by atoms with Gasteiger partial charge in [0.05, 0.1) is 11.3 Å². The molecule has 0 aliphatic rings. The molecule has 1 aromatic carbocycles. The summed E-state index contributed by atoms with van der Waals surface area (Å²) in [6, 6.07) is 7.25. The van der Waals surface area contributed by atoms with Crippen LogP contribution in [-0.4, -0.2) is 21.9 Å². The molecule has 0 unspecified atom stereocenters. The smallest absolute Gasteiger partial charge is 0.418 e. The van der Waals surface area contributed by atoms with Crippen LogP contribution < -0.4 is 5.43 Å². The molecule has 0 saturated heterocycles. The predicted molar refractivity (Wildman–Crippen MR) is 80.1 cm³/mol. The van der Waals surface area contributed by atoms with Gasteiger partial charge in [0.2, 0.25) is 11.1 Å². The van der Waals surface area contributed by atoms with Crippen molar-refractivity contribution in [3.05, 3.63) is 57.5 Å². The maximum atomic E-state index is 13.2. The minimum absolute atomic E-state index is 0.103. The second-order valence-electron chi connectivity index (χ2n) is 5.10. The van der Waals surface area contributed by atoms with Gasteiger partial charge >= 0.3 is 12.1 Å². The molecular formula is C16H12F3N3O3. The van der Waals surface area contributed by atoms with E-state index in [-0.39, 0.29) is 11.4 Å². The maximum absolute atomic E-state index is 13.2. The minimum atomic E-state index is -4.65. The van der Waals surface area contributed by atoms with E-state index < -0.39 is 34.9 Å². The van der Waals surface area contributed by atoms with Crippen molar-refractivity contribution in [2.75, 3.05) is 0 Å². The van der Waals surface area contributed by atoms with E-state index in [1.165, 1.54) is 32.0 Å². The van der Waals surface area contributed by atoms with Crippen LogP contribution in [0.3, 0.4) is 0 Å². The van der Waals surface area contributed by atoms with Gasteiger partial charge in [0.15, 0.2) is 6.10 Å². The van der Waals surface area contributed by atoms with Crippen molar-refractivity contribution in [3.63, 3.8) is 0 Å². The van der Waals surface area contributed by atoms with Crippen LogP contribution in [0, 0.1) is 18.3 Å². The molecule has 25 heavy (non-hydrogen) atoms. The lowest BCUT2D eigenvalue weighted by Crippen LogP contribution is -2.26. The molecule has 2 aromatic rings. The lowest BCUT2D eigenvalue weighted by atomic mass is 10.1. The molecule has 1 atom stereocenters. The average Bonchev–Trinajstić information content (AvgIpc) is 2.53. The molecule has 0 N–H and O–H groups in total. The summed E-state index contributed by atoms with van der Waals surface area (Å²) < 4.78 is 45.1. The lowest BCUT2D eigenvalue weighted by Gasteiger charge is -2.16. The van der Waals surface area contributed by atoms with Crippen LogP contribution in [-0.2, 0) is 10.9 Å². The topological polar surface area (TPSA) is 85.0 Å². The van der Waals surface area contributed by atoms with Crippen molar-refractivity contribution in [2.24, 2.45) is 0 Å². The van der Waals surface area contributed by atoms with Crippen LogP contribution in [0.15, 0.2) is 35.1 Å². The number of esters is 1. The van der Waals surface area contributed by atoms with Gasteiger partial charge in [-0.3, -0.25) is 4.79 Å². The normalized spacial score (nSPS) is 12.3. The number of hydrogen-bond acceptors (Lipinski definition) is 5. The van der Waals surface area contributed by atoms with Crippen LogP contribution >= 0.6 is 0 Å². The Balaban J connectivity index is 2.62. The van der Waals surface area contributed by atoms with E-state index in [0.717, 1.165) is 16.8 Å². The van der Waals surface area contributed by atoms with Crippen LogP contribution in [0.4, 0.5) is 13.2 Å². The minimum Gasteiger partial charge on any atom is -0.442 e. The van der Waals surface area contributed by atoms with Crippen molar-refractivity contribution in [1.29, 1.82) is 5.26 Å². The molecule has 0 amide bonds. The highest BCUT2D eigenvalue weighted by Crippen LogP contribution is 2.33. The first-order valence-corrected chi connectivity index (χ1v) is 7.03. The summed E-state index contributed by atoms with van der Waals surface area (Å²) in [6.45, 7) is 2.66. The van der Waals surface area contributed by atoms with Crippen LogP contribution in [0.5, 0.6) is 0 Å². The average molecular weight is 351 g/mol. The number of aryl methyl sites for hydroxylation is 1. The Morgan fingerprint density at radius 1 is 1.36 bits per heavy atom. The number of nitriles is 1. The number of benzene rings is 1. The first-order valence-electron chi connectivity index (χ1n) is 7.03. The highest BCUT2D eigenvalue weighted by Gasteiger charge is 2.34. The van der Waals surface area contributed by atoms with Gasteiger partial charge in [-0.25, -0.2) is 9.48 Å². The number of rotatable bonds is 3. The summed E-state index contributed by atoms with van der Waals surface area (Å²) in [5.41, 5.74) is -2.72. The molecular weight excluding hydrogens is 339 g/mol. The number of ether oxygens (including phenoxy) is 1. The van der Waals surface area contributed by atoms with Crippen LogP contribution in [0.2, 0.25) is 0 Å². The van der Waals surface area contributed by atoms with Crippen molar-refractivity contribution < 1.29 is 22.7 Å². The zero-order chi connectivity index (χ0) is 18.8. The molecule has 0 aliphatic heterocycles. The third kappa shape index (κ3) is 3.85. The lowest BCUT2D eigenvalue weighted by molar-refractivity contribution is -0.137. The van der Waals surface area contributed by atoms with Gasteiger partial charge in [-0.15, -0.1) is 0 Å². The summed E-state index contributed by atoms with van der Waals surface area (Å²) in [5.74, 6) is -1.18. The Kier molecular flexibility index (Phi) is 4.92. The fraction of sp³-hybridized carbons (Fsp3) is 0.250. The second kappa shape index (κ2) is 6.76. The third-order valence-corrected chi connectivity index (χ3v) is 3.20. The predicted octanol–water partition coefficient (Wildman–Crippen LogP) is 2.63. The van der Waals surface area contributed by atoms with Crippen molar-refractivity contribution in [3.8, 4) is 11.8 Å². The van der Waals surface area contributed by atoms with E-state index >= 15 is 0 Å². The Bertz CT molecular complexity index is 913. The quantitative estimate of drug-likeness (QED) is 0.794. The molecule has 0 spiro atoms. The second-order valence-corrected chi connectivity index (χ2v) is 5.10. The number of carbonyl (C=O) groups is 1. The molecule has 6 nitrogen and oxygen atoms in total. The zero-order valence-corrected chi connectivity index (χ0v) is 13.2. The fourth-order valence-corrected chi connectivity index (χ4v) is 2.07. The van der Waals surface area contributed by atoms with E-state index in [2.05, 4.69) is 5.10 Å². The van der Waals surface area contributed by atoms with E-state index in [0.29, 0.717) is 0 Å². The zero-order valence-electron chi connectivity index (χ0n) is 13.2. The number of para-hydroxylation sites is 1. The van der Waals surface area contributed by atoms with Crippen molar-refractivity contribution in [2.45, 2.75) is 26.1 Å². The van der Waals surface area contributed by atoms with Gasteiger partial charge in [-0.2, -0.15) is 23.5 Å². The van der Waals surface area contributed by atoms with Gasteiger partial charge in [0, 0.05) is 11.8 Å². The summed E-state index contributed by atoms with van der Waals surface area (Å²) in [5, 5.41) is 12.4. The van der Waals surface area contributed by atoms with E-state index in [9.17, 15) is 22.8 Å². The molecule has 1 aromatic heterocycles. The van der Waals surface area contributed by atoms with E-state index in [1.807, 2.05) is 0 Å². The van der Waals surface area contributed by atoms with E-state index in [4.69, 9.17) is 10.00 Å². The molecule has 0 radical (unpaired) electrons. The fourth-order valence-electron chi connectivity index (χ4n) is 2.07. The van der Waals surface area contributed by atoms with Gasteiger partial charge < -0.3 is 4.74 Å². The van der Waals surface area contributed by atoms with Crippen LogP contribution in [0.25, 0.3) is 5.69 Å². The summed E-state index contributed by atoms with van der Waals surface area (Å²) in [4.78, 5) is 23.9. The molecule has 2 rings (SSSR count). The first-order chi connectivity index (χ1) is 11.6. The van der Waals surface area contributed by atoms with Crippen molar-refractivity contribution >= 4 is 5.97 Å². The monoisotopic (exact) mass is 351 g/mol. The number of nitrogens with zero attached hydrogens (tertiary/aromatic N) is 3. The number of halogens is 3. The Hall–Kier alpha value is -3.15. The van der Waals surface area contributed by atoms with Crippen LogP contribution in [0.1, 0.15) is 28.7 Å². The molecule has 9 heteroatoms. The summed E-state index contributed by atoms with van der Waals surface area (Å²) >= 11 is 0. The maximum Gasteiger partial charge on any atom is 0.418 e. The number of aromatic nitrogens is 2. The van der Waals surface area contributed by atoms with E-state index in [1.54, 1.807) is 6.07 Å². The van der Waals surface area contributed by atoms with Gasteiger partial charge in [-0.05, 0) is 26.0 Å². The number of carbonyl (C=O) groups excluding carboxylic acids is 1. The molecule has 1 heterocycles. The number of hydrogen-bond donors (Lipinski definition) is 0. The summed E-state index contributed by atoms with van der Waals surface area (Å²) in [6.07, 6.45) is -5.78. The van der Waals surface area contributed by atoms with Crippen molar-refractivity contribution in [1.82, 2.24) is 9.78 Å². The Morgan fingerprint density at radius 2 is 2.00 bits per heavy atom. The Morgan fingerprint density at radius 3 is 2.60 bits per heavy atom. The number of alkyl halides is 3. The molecule has 0 saturated carbocycles. The third-order valence-electron chi connectivity index (χ3n) is 3.20. The largest absolute Gasteiger partial charge is 0.442 e. The van der Waals surface area contributed by atoms with Gasteiger partial charge in [0.25, 0.3) is 0 Å². The standard InChI is InChI=1S/C16H12F3N3O3/c1-9-7-13(23)14(15(24)25-10(2)8-20)21-22(9)12-6-4-3-5-11(12)16(17,18)19/h3-7,10H,1-2H3/t10-/m0/s1. The van der Waals surface area contributed by atoms with Gasteiger partial charge in [0.1, 0.15) is 6.07 Å². The molecule has 0 bridgehead atoms. The summed E-state index contributed by atoms with van der Waals surface area (Å²) in [7, 11) is 0. The SMILES string of the molecule is Cc1cc(=O)c(C(=O)O[C@@H](C)C#N)nn1-c1ccccc1C(F)(F)F. The molecule has 0 aliphatic carbocycles. The Labute approximate surface area is 140 Å². The van der Waals surface area contributed by atoms with Gasteiger partial charge in [-0.1, -0.05) is 12.1 Å². The molecule has 0 fully saturated rings. The molecule has 130 valence electrons.